The molecule has 1 heterocycles. The van der Waals surface area contributed by atoms with Crippen molar-refractivity contribution >= 4 is 5.82 Å². The number of benzene rings is 1. The molecule has 0 bridgehead atoms. The first kappa shape index (κ1) is 15.3. The maximum atomic E-state index is 5.81. The SMILES string of the molecule is CCCNc1cc(OCc2ccccc2)nc(CCC)n1. The van der Waals surface area contributed by atoms with Gasteiger partial charge in [0, 0.05) is 19.0 Å². The van der Waals surface area contributed by atoms with Crippen LogP contribution in [0.2, 0.25) is 0 Å². The van der Waals surface area contributed by atoms with Crippen LogP contribution in [-0.4, -0.2) is 16.5 Å². The van der Waals surface area contributed by atoms with Gasteiger partial charge in [0.1, 0.15) is 18.2 Å². The maximum Gasteiger partial charge on any atom is 0.219 e. The monoisotopic (exact) mass is 285 g/mol. The van der Waals surface area contributed by atoms with E-state index >= 15 is 0 Å². The Hall–Kier alpha value is -2.10. The van der Waals surface area contributed by atoms with E-state index in [1.54, 1.807) is 0 Å². The molecule has 0 saturated heterocycles. The van der Waals surface area contributed by atoms with E-state index in [1.165, 1.54) is 0 Å². The third-order valence-corrected chi connectivity index (χ3v) is 3.01. The highest BCUT2D eigenvalue weighted by molar-refractivity contribution is 5.38. The van der Waals surface area contributed by atoms with Gasteiger partial charge in [-0.15, -0.1) is 0 Å². The number of anilines is 1. The maximum absolute atomic E-state index is 5.81. The van der Waals surface area contributed by atoms with Gasteiger partial charge in [-0.05, 0) is 18.4 Å². The van der Waals surface area contributed by atoms with Gasteiger partial charge in [0.25, 0.3) is 0 Å². The lowest BCUT2D eigenvalue weighted by Crippen LogP contribution is -2.07. The summed E-state index contributed by atoms with van der Waals surface area (Å²) in [4.78, 5) is 8.99. The van der Waals surface area contributed by atoms with E-state index in [2.05, 4.69) is 29.1 Å². The smallest absolute Gasteiger partial charge is 0.219 e. The van der Waals surface area contributed by atoms with Crippen molar-refractivity contribution in [3.05, 3.63) is 47.8 Å². The molecule has 0 spiro atoms. The van der Waals surface area contributed by atoms with Crippen molar-refractivity contribution in [2.24, 2.45) is 0 Å². The number of rotatable bonds is 8. The molecule has 21 heavy (non-hydrogen) atoms. The van der Waals surface area contributed by atoms with Crippen molar-refractivity contribution in [1.82, 2.24) is 9.97 Å². The van der Waals surface area contributed by atoms with Crippen molar-refractivity contribution < 1.29 is 4.74 Å². The van der Waals surface area contributed by atoms with Crippen LogP contribution in [0.25, 0.3) is 0 Å². The van der Waals surface area contributed by atoms with E-state index in [-0.39, 0.29) is 0 Å². The van der Waals surface area contributed by atoms with Crippen LogP contribution in [-0.2, 0) is 13.0 Å². The van der Waals surface area contributed by atoms with Crippen LogP contribution in [0.5, 0.6) is 5.88 Å². The number of nitrogens with zero attached hydrogens (tertiary/aromatic N) is 2. The van der Waals surface area contributed by atoms with Gasteiger partial charge in [0.2, 0.25) is 5.88 Å². The molecule has 0 unspecified atom stereocenters. The molecule has 112 valence electrons. The van der Waals surface area contributed by atoms with E-state index in [0.29, 0.717) is 12.5 Å². The van der Waals surface area contributed by atoms with Crippen LogP contribution in [0.4, 0.5) is 5.82 Å². The lowest BCUT2D eigenvalue weighted by molar-refractivity contribution is 0.292. The molecule has 4 heteroatoms. The molecule has 0 amide bonds. The summed E-state index contributed by atoms with van der Waals surface area (Å²) in [5.74, 6) is 2.32. The number of aromatic nitrogens is 2. The van der Waals surface area contributed by atoms with E-state index < -0.39 is 0 Å². The minimum absolute atomic E-state index is 0.524. The fourth-order valence-electron chi connectivity index (χ4n) is 1.96. The Labute approximate surface area is 126 Å². The molecule has 1 aromatic heterocycles. The molecule has 4 nitrogen and oxygen atoms in total. The van der Waals surface area contributed by atoms with Crippen molar-refractivity contribution in [1.29, 1.82) is 0 Å². The van der Waals surface area contributed by atoms with Crippen LogP contribution >= 0.6 is 0 Å². The van der Waals surface area contributed by atoms with Crippen molar-refractivity contribution in [2.75, 3.05) is 11.9 Å². The van der Waals surface area contributed by atoms with Gasteiger partial charge in [-0.25, -0.2) is 4.98 Å². The molecule has 0 radical (unpaired) electrons. The van der Waals surface area contributed by atoms with E-state index in [4.69, 9.17) is 4.74 Å². The highest BCUT2D eigenvalue weighted by Gasteiger charge is 2.05. The molecular formula is C17H23N3O. The van der Waals surface area contributed by atoms with Gasteiger partial charge >= 0.3 is 0 Å². The van der Waals surface area contributed by atoms with Gasteiger partial charge in [-0.3, -0.25) is 0 Å². The van der Waals surface area contributed by atoms with Crippen molar-refractivity contribution in [2.45, 2.75) is 39.7 Å². The summed E-state index contributed by atoms with van der Waals surface area (Å²) in [6.45, 7) is 5.69. The van der Waals surface area contributed by atoms with Crippen LogP contribution in [0.15, 0.2) is 36.4 Å². The zero-order valence-corrected chi connectivity index (χ0v) is 12.8. The third-order valence-electron chi connectivity index (χ3n) is 3.01. The molecule has 2 rings (SSSR count). The number of hydrogen-bond donors (Lipinski definition) is 1. The molecule has 2 aromatic rings. The summed E-state index contributed by atoms with van der Waals surface area (Å²) in [6, 6.07) is 12.0. The molecule has 1 aromatic carbocycles. The van der Waals surface area contributed by atoms with Gasteiger partial charge in [-0.1, -0.05) is 44.2 Å². The zero-order valence-electron chi connectivity index (χ0n) is 12.8. The second kappa shape index (κ2) is 8.25. The summed E-state index contributed by atoms with van der Waals surface area (Å²) in [6.07, 6.45) is 2.95. The molecule has 0 aliphatic heterocycles. The highest BCUT2D eigenvalue weighted by Crippen LogP contribution is 2.16. The molecule has 0 aliphatic rings. The average Bonchev–Trinajstić information content (AvgIpc) is 2.52. The Balaban J connectivity index is 2.07. The molecule has 1 N–H and O–H groups in total. The Morgan fingerprint density at radius 2 is 1.86 bits per heavy atom. The average molecular weight is 285 g/mol. The van der Waals surface area contributed by atoms with Crippen molar-refractivity contribution in [3.8, 4) is 5.88 Å². The molecular weight excluding hydrogens is 262 g/mol. The summed E-state index contributed by atoms with van der Waals surface area (Å²) in [5, 5.41) is 3.30. The summed E-state index contributed by atoms with van der Waals surface area (Å²) in [5.41, 5.74) is 1.14. The summed E-state index contributed by atoms with van der Waals surface area (Å²) in [7, 11) is 0. The van der Waals surface area contributed by atoms with Crippen molar-refractivity contribution in [3.63, 3.8) is 0 Å². The second-order valence-electron chi connectivity index (χ2n) is 4.96. The number of aryl methyl sites for hydroxylation is 1. The first-order valence-corrected chi connectivity index (χ1v) is 7.60. The first-order valence-electron chi connectivity index (χ1n) is 7.60. The van der Waals surface area contributed by atoms with Crippen LogP contribution in [0, 0.1) is 0 Å². The predicted octanol–water partition coefficient (Wildman–Crippen LogP) is 3.83. The minimum atomic E-state index is 0.524. The van der Waals surface area contributed by atoms with Crippen LogP contribution < -0.4 is 10.1 Å². The molecule has 0 fully saturated rings. The molecule has 0 aliphatic carbocycles. The normalized spacial score (nSPS) is 10.4. The Kier molecular flexibility index (Phi) is 6.00. The lowest BCUT2D eigenvalue weighted by atomic mass is 10.2. The fourth-order valence-corrected chi connectivity index (χ4v) is 1.96. The van der Waals surface area contributed by atoms with Gasteiger partial charge in [0.15, 0.2) is 0 Å². The van der Waals surface area contributed by atoms with Crippen LogP contribution in [0.3, 0.4) is 0 Å². The first-order chi connectivity index (χ1) is 10.3. The Morgan fingerprint density at radius 3 is 2.57 bits per heavy atom. The van der Waals surface area contributed by atoms with Gasteiger partial charge in [-0.2, -0.15) is 4.98 Å². The highest BCUT2D eigenvalue weighted by atomic mass is 16.5. The second-order valence-corrected chi connectivity index (χ2v) is 4.96. The van der Waals surface area contributed by atoms with Gasteiger partial charge < -0.3 is 10.1 Å². The largest absolute Gasteiger partial charge is 0.473 e. The Morgan fingerprint density at radius 1 is 1.05 bits per heavy atom. The minimum Gasteiger partial charge on any atom is -0.473 e. The third kappa shape index (κ3) is 5.06. The standard InChI is InChI=1S/C17H23N3O/c1-3-8-15-19-16(18-11-4-2)12-17(20-15)21-13-14-9-6-5-7-10-14/h5-7,9-10,12H,3-4,8,11,13H2,1-2H3,(H,18,19,20). The summed E-state index contributed by atoms with van der Waals surface area (Å²) < 4.78 is 5.81. The number of hydrogen-bond acceptors (Lipinski definition) is 4. The van der Waals surface area contributed by atoms with Gasteiger partial charge in [0.05, 0.1) is 0 Å². The Bertz CT molecular complexity index is 543. The molecule has 0 atom stereocenters. The van der Waals surface area contributed by atoms with E-state index in [0.717, 1.165) is 43.0 Å². The number of nitrogens with one attached hydrogen (secondary N) is 1. The summed E-state index contributed by atoms with van der Waals surface area (Å²) >= 11 is 0. The van der Waals surface area contributed by atoms with E-state index in [1.807, 2.05) is 36.4 Å². The zero-order chi connectivity index (χ0) is 14.9. The number of ether oxygens (including phenoxy) is 1. The van der Waals surface area contributed by atoms with Crippen LogP contribution in [0.1, 0.15) is 38.1 Å². The van der Waals surface area contributed by atoms with E-state index in [9.17, 15) is 0 Å². The fraction of sp³-hybridized carbons (Fsp3) is 0.412. The molecule has 0 saturated carbocycles. The topological polar surface area (TPSA) is 47.0 Å². The quantitative estimate of drug-likeness (QED) is 0.800. The lowest BCUT2D eigenvalue weighted by Gasteiger charge is -2.10. The predicted molar refractivity (Wildman–Crippen MR) is 85.6 cm³/mol.